The lowest BCUT2D eigenvalue weighted by molar-refractivity contribution is 0.186. The van der Waals surface area contributed by atoms with Gasteiger partial charge in [0.1, 0.15) is 0 Å². The molecule has 7 nitrogen and oxygen atoms in total. The summed E-state index contributed by atoms with van der Waals surface area (Å²) in [5, 5.41) is 17.2. The fraction of sp³-hybridized carbons (Fsp3) is 0.600. The molecule has 0 saturated heterocycles. The van der Waals surface area contributed by atoms with Gasteiger partial charge in [0.05, 0.1) is 12.3 Å². The Morgan fingerprint density at radius 2 is 2.10 bits per heavy atom. The Morgan fingerprint density at radius 1 is 1.34 bits per heavy atom. The number of benzene rings is 1. The van der Waals surface area contributed by atoms with E-state index in [0.717, 1.165) is 36.8 Å². The van der Waals surface area contributed by atoms with Crippen molar-refractivity contribution in [2.45, 2.75) is 51.2 Å². The molecule has 1 saturated carbocycles. The summed E-state index contributed by atoms with van der Waals surface area (Å²) < 4.78 is 17.6. The standard InChI is InChI=1S/C20H29ClN3O4P/c1-14(16-8-5-9-17(10-16)19-23-20(21)24-28-19)22-11-18(25)13-29(26,27)12-15-6-3-2-4-7-15/h5,8-10,14-15,18,22,25H,2-4,6-7,11-13H2,1H3,(H,26,27)/t14?,18-/m0/s1. The van der Waals surface area contributed by atoms with E-state index in [1.54, 1.807) is 0 Å². The van der Waals surface area contributed by atoms with E-state index in [0.29, 0.717) is 18.0 Å². The molecule has 3 N–H and O–H groups in total. The summed E-state index contributed by atoms with van der Waals surface area (Å²) in [7, 11) is -3.32. The third-order valence-corrected chi connectivity index (χ3v) is 7.69. The highest BCUT2D eigenvalue weighted by Gasteiger charge is 2.28. The zero-order valence-electron chi connectivity index (χ0n) is 16.6. The number of rotatable bonds is 9. The minimum atomic E-state index is -3.32. The minimum Gasteiger partial charge on any atom is -0.391 e. The maximum atomic E-state index is 12.5. The SMILES string of the molecule is CC(NC[C@H](O)CP(=O)(O)CC1CCCCC1)c1cccc(-c2nc(Cl)no2)c1. The molecule has 1 aliphatic carbocycles. The summed E-state index contributed by atoms with van der Waals surface area (Å²) >= 11 is 5.71. The lowest BCUT2D eigenvalue weighted by Gasteiger charge is -2.25. The molecule has 160 valence electrons. The van der Waals surface area contributed by atoms with Gasteiger partial charge in [0.15, 0.2) is 0 Å². The second-order valence-electron chi connectivity index (χ2n) is 7.99. The van der Waals surface area contributed by atoms with Crippen molar-refractivity contribution in [3.05, 3.63) is 35.1 Å². The highest BCUT2D eigenvalue weighted by atomic mass is 35.5. The van der Waals surface area contributed by atoms with Crippen molar-refractivity contribution >= 4 is 19.0 Å². The molecule has 0 radical (unpaired) electrons. The third-order valence-electron chi connectivity index (χ3n) is 5.46. The number of aliphatic hydroxyl groups excluding tert-OH is 1. The number of nitrogens with one attached hydrogen (secondary N) is 1. The maximum absolute atomic E-state index is 12.5. The van der Waals surface area contributed by atoms with E-state index in [9.17, 15) is 14.6 Å². The molecular weight excluding hydrogens is 413 g/mol. The molecule has 0 bridgehead atoms. The van der Waals surface area contributed by atoms with Crippen molar-refractivity contribution in [3.8, 4) is 11.5 Å². The molecule has 1 fully saturated rings. The molecule has 0 amide bonds. The van der Waals surface area contributed by atoms with Crippen LogP contribution in [0.25, 0.3) is 11.5 Å². The summed E-state index contributed by atoms with van der Waals surface area (Å²) in [4.78, 5) is 14.3. The Labute approximate surface area is 176 Å². The van der Waals surface area contributed by atoms with E-state index in [4.69, 9.17) is 16.1 Å². The minimum absolute atomic E-state index is 0.0568. The van der Waals surface area contributed by atoms with Crippen LogP contribution < -0.4 is 5.32 Å². The summed E-state index contributed by atoms with van der Waals surface area (Å²) in [6.45, 7) is 2.21. The molecule has 9 heteroatoms. The number of halogens is 1. The molecule has 0 aliphatic heterocycles. The number of hydrogen-bond donors (Lipinski definition) is 3. The van der Waals surface area contributed by atoms with Gasteiger partial charge in [-0.25, -0.2) is 0 Å². The molecule has 0 spiro atoms. The van der Waals surface area contributed by atoms with Crippen LogP contribution in [0.2, 0.25) is 5.28 Å². The Bertz CT molecular complexity index is 841. The van der Waals surface area contributed by atoms with Gasteiger partial charge in [0.2, 0.25) is 7.37 Å². The van der Waals surface area contributed by atoms with E-state index in [-0.39, 0.29) is 24.0 Å². The predicted octanol–water partition coefficient (Wildman–Crippen LogP) is 4.25. The van der Waals surface area contributed by atoms with Gasteiger partial charge >= 0.3 is 0 Å². The lowest BCUT2D eigenvalue weighted by atomic mass is 9.91. The average molecular weight is 442 g/mol. The Hall–Kier alpha value is -1.24. The molecule has 1 aromatic carbocycles. The van der Waals surface area contributed by atoms with Crippen LogP contribution in [-0.4, -0.2) is 45.1 Å². The summed E-state index contributed by atoms with van der Waals surface area (Å²) in [6.07, 6.45) is 4.95. The van der Waals surface area contributed by atoms with Crippen LogP contribution >= 0.6 is 19.0 Å². The monoisotopic (exact) mass is 441 g/mol. The molecule has 29 heavy (non-hydrogen) atoms. The van der Waals surface area contributed by atoms with Crippen molar-refractivity contribution in [2.24, 2.45) is 5.92 Å². The first-order valence-corrected chi connectivity index (χ1v) is 12.5. The van der Waals surface area contributed by atoms with Crippen molar-refractivity contribution in [2.75, 3.05) is 18.9 Å². The highest BCUT2D eigenvalue weighted by Crippen LogP contribution is 2.45. The van der Waals surface area contributed by atoms with Crippen LogP contribution in [0.1, 0.15) is 50.6 Å². The van der Waals surface area contributed by atoms with Crippen molar-refractivity contribution in [1.82, 2.24) is 15.5 Å². The van der Waals surface area contributed by atoms with E-state index in [1.807, 2.05) is 31.2 Å². The smallest absolute Gasteiger partial charge is 0.264 e. The first-order valence-electron chi connectivity index (χ1n) is 10.1. The van der Waals surface area contributed by atoms with Crippen LogP contribution in [0.3, 0.4) is 0 Å². The fourth-order valence-corrected chi connectivity index (χ4v) is 6.16. The predicted molar refractivity (Wildman–Crippen MR) is 113 cm³/mol. The lowest BCUT2D eigenvalue weighted by Crippen LogP contribution is -2.32. The molecule has 1 aliphatic rings. The molecule has 3 rings (SSSR count). The topological polar surface area (TPSA) is 108 Å². The molecule has 2 aromatic rings. The second-order valence-corrected chi connectivity index (χ2v) is 10.8. The van der Waals surface area contributed by atoms with Crippen molar-refractivity contribution < 1.29 is 19.1 Å². The summed E-state index contributed by atoms with van der Waals surface area (Å²) in [5.74, 6) is 0.660. The summed E-state index contributed by atoms with van der Waals surface area (Å²) in [5.41, 5.74) is 1.72. The van der Waals surface area contributed by atoms with Crippen LogP contribution in [0, 0.1) is 5.92 Å². The summed E-state index contributed by atoms with van der Waals surface area (Å²) in [6, 6.07) is 7.52. The van der Waals surface area contributed by atoms with Gasteiger partial charge in [0, 0.05) is 24.3 Å². The largest absolute Gasteiger partial charge is 0.391 e. The Morgan fingerprint density at radius 3 is 2.79 bits per heavy atom. The van der Waals surface area contributed by atoms with E-state index in [1.165, 1.54) is 6.42 Å². The number of aromatic nitrogens is 2. The normalized spacial score (nSPS) is 19.6. The number of nitrogens with zero attached hydrogens (tertiary/aromatic N) is 2. The van der Waals surface area contributed by atoms with Crippen LogP contribution in [-0.2, 0) is 4.57 Å². The van der Waals surface area contributed by atoms with Crippen LogP contribution in [0.15, 0.2) is 28.8 Å². The van der Waals surface area contributed by atoms with Crippen LogP contribution in [0.5, 0.6) is 0 Å². The van der Waals surface area contributed by atoms with Gasteiger partial charge in [-0.05, 0) is 60.1 Å². The number of aliphatic hydroxyl groups is 1. The molecular formula is C20H29ClN3O4P. The van der Waals surface area contributed by atoms with Gasteiger partial charge in [0.25, 0.3) is 11.2 Å². The maximum Gasteiger partial charge on any atom is 0.264 e. The van der Waals surface area contributed by atoms with Gasteiger partial charge in [-0.2, -0.15) is 4.98 Å². The first-order chi connectivity index (χ1) is 13.8. The van der Waals surface area contributed by atoms with Crippen molar-refractivity contribution in [1.29, 1.82) is 0 Å². The van der Waals surface area contributed by atoms with Gasteiger partial charge in [-0.15, -0.1) is 0 Å². The molecule has 1 heterocycles. The molecule has 2 unspecified atom stereocenters. The van der Waals surface area contributed by atoms with Crippen molar-refractivity contribution in [3.63, 3.8) is 0 Å². The molecule has 1 aromatic heterocycles. The average Bonchev–Trinajstić information content (AvgIpc) is 3.12. The van der Waals surface area contributed by atoms with E-state index in [2.05, 4.69) is 15.5 Å². The first kappa shape index (κ1) is 22.4. The highest BCUT2D eigenvalue weighted by molar-refractivity contribution is 7.58. The third kappa shape index (κ3) is 6.90. The van der Waals surface area contributed by atoms with E-state index < -0.39 is 13.5 Å². The van der Waals surface area contributed by atoms with Gasteiger partial charge in [-0.3, -0.25) is 4.57 Å². The van der Waals surface area contributed by atoms with Gasteiger partial charge in [-0.1, -0.05) is 31.4 Å². The quantitative estimate of drug-likeness (QED) is 0.499. The Kier molecular flexibility index (Phi) is 7.88. The second kappa shape index (κ2) is 10.2. The van der Waals surface area contributed by atoms with Crippen LogP contribution in [0.4, 0.5) is 0 Å². The molecule has 3 atom stereocenters. The fourth-order valence-electron chi connectivity index (χ4n) is 3.94. The zero-order chi connectivity index (χ0) is 20.9. The number of hydrogen-bond acceptors (Lipinski definition) is 6. The Balaban J connectivity index is 1.50. The van der Waals surface area contributed by atoms with E-state index >= 15 is 0 Å². The zero-order valence-corrected chi connectivity index (χ0v) is 18.3. The van der Waals surface area contributed by atoms with Gasteiger partial charge < -0.3 is 19.8 Å².